The molecule has 0 saturated heterocycles. The van der Waals surface area contributed by atoms with Crippen LogP contribution >= 0.6 is 0 Å². The van der Waals surface area contributed by atoms with Gasteiger partial charge in [-0.2, -0.15) is 0 Å². The second-order valence-electron chi connectivity index (χ2n) is 25.0. The van der Waals surface area contributed by atoms with E-state index in [2.05, 4.69) is 272 Å². The molecule has 0 saturated carbocycles. The van der Waals surface area contributed by atoms with E-state index in [-0.39, 0.29) is 16.2 Å². The number of hydrogen-bond donors (Lipinski definition) is 0. The fourth-order valence-corrected chi connectivity index (χ4v) is 12.6. The van der Waals surface area contributed by atoms with Crippen molar-refractivity contribution < 1.29 is 4.74 Å². The van der Waals surface area contributed by atoms with Crippen LogP contribution < -0.4 is 14.8 Å². The van der Waals surface area contributed by atoms with Crippen LogP contribution in [0.3, 0.4) is 0 Å². The highest BCUT2D eigenvalue weighted by molar-refractivity contribution is 6.88. The largest absolute Gasteiger partial charge is 0.457 e. The number of anilines is 2. The van der Waals surface area contributed by atoms with Crippen LogP contribution in [0.15, 0.2) is 182 Å². The Bertz CT molecular complexity index is 4150. The number of pyridine rings is 1. The van der Waals surface area contributed by atoms with Gasteiger partial charge in [0.1, 0.15) is 24.0 Å². The maximum atomic E-state index is 6.94. The summed E-state index contributed by atoms with van der Waals surface area (Å²) in [6.45, 7) is 28.8. The number of nitrogens with zero attached hydrogens (tertiary/aromatic N) is 4. The molecule has 11 aromatic rings. The van der Waals surface area contributed by atoms with Crippen molar-refractivity contribution in [3.63, 3.8) is 0 Å². The summed E-state index contributed by atoms with van der Waals surface area (Å²) in [5.74, 6) is 2.43. The second-order valence-corrected chi connectivity index (χ2v) is 30.1. The molecule has 12 rings (SSSR count). The number of rotatable bonds is 6. The third kappa shape index (κ3) is 8.44. The van der Waals surface area contributed by atoms with E-state index in [1.807, 2.05) is 6.20 Å². The van der Waals surface area contributed by atoms with E-state index in [0.29, 0.717) is 6.67 Å². The average molecular weight is 997 g/mol. The van der Waals surface area contributed by atoms with Gasteiger partial charge < -0.3 is 14.2 Å². The molecule has 3 aromatic heterocycles. The zero-order chi connectivity index (χ0) is 52.3. The summed E-state index contributed by atoms with van der Waals surface area (Å²) in [6, 6.07) is 65.7. The van der Waals surface area contributed by atoms with Gasteiger partial charge in [-0.25, -0.2) is 4.98 Å². The SMILES string of the molecule is CC(C)(C)c1cc(-c2cccc3c4ccc(C(C)(C)C)cc4c4ccccc4c4cccc5c4n(c23)CN5c2cccc(Oc3ccc4c5ccccc5n(-c5cc(C(C)(C)C)ccn5)c4c3)c2)cc([Si](C)(C)C)c1. The Kier molecular flexibility index (Phi) is 11.2. The minimum absolute atomic E-state index is 0.0206. The topological polar surface area (TPSA) is 35.2 Å². The molecule has 0 N–H and O–H groups in total. The van der Waals surface area contributed by atoms with Crippen LogP contribution in [0.5, 0.6) is 11.5 Å². The van der Waals surface area contributed by atoms with Gasteiger partial charge >= 0.3 is 0 Å². The van der Waals surface area contributed by atoms with Gasteiger partial charge in [-0.3, -0.25) is 4.57 Å². The van der Waals surface area contributed by atoms with Gasteiger partial charge in [-0.15, -0.1) is 0 Å². The minimum Gasteiger partial charge on any atom is -0.457 e. The number of benzene rings is 8. The summed E-state index contributed by atoms with van der Waals surface area (Å²) in [6.07, 6.45) is 1.93. The second kappa shape index (κ2) is 17.5. The summed E-state index contributed by atoms with van der Waals surface area (Å²) >= 11 is 0. The van der Waals surface area contributed by atoms with Gasteiger partial charge in [0.25, 0.3) is 0 Å². The lowest BCUT2D eigenvalue weighted by Crippen LogP contribution is -2.38. The van der Waals surface area contributed by atoms with Crippen LogP contribution in [0.1, 0.15) is 79.0 Å². The number of para-hydroxylation sites is 3. The standard InChI is InChI=1S/C69H68N4OSi/c1-67(2,3)45-30-32-55-58-26-18-25-52(44-36-47(69(7,8)9)38-51(37-44)75(10,11)12)65(58)72-43-71(62-29-19-27-59(66(62)72)53-22-13-14-23-54(53)60(55)39-45)48-20-17-21-49(41-48)74-50-31-33-57-56-24-15-16-28-61(56)73(63(57)42-50)64-40-46(34-35-70-64)68(4,5)6/h13-42H,43H2,1-12H3. The van der Waals surface area contributed by atoms with Crippen LogP contribution in [0.2, 0.25) is 19.6 Å². The van der Waals surface area contributed by atoms with Crippen molar-refractivity contribution in [1.29, 1.82) is 0 Å². The molecular formula is C69H68N4OSi. The minimum atomic E-state index is -1.74. The quantitative estimate of drug-likeness (QED) is 0.156. The molecule has 374 valence electrons. The highest BCUT2D eigenvalue weighted by atomic mass is 28.3. The fourth-order valence-electron chi connectivity index (χ4n) is 11.4. The van der Waals surface area contributed by atoms with Crippen LogP contribution in [-0.2, 0) is 22.9 Å². The molecule has 1 aliphatic rings. The van der Waals surface area contributed by atoms with Crippen LogP contribution in [0, 0.1) is 0 Å². The molecule has 0 fully saturated rings. The zero-order valence-corrected chi connectivity index (χ0v) is 46.7. The molecule has 8 aromatic carbocycles. The number of ether oxygens (including phenoxy) is 1. The first kappa shape index (κ1) is 48.3. The summed E-state index contributed by atoms with van der Waals surface area (Å²) in [4.78, 5) is 7.42. The summed E-state index contributed by atoms with van der Waals surface area (Å²) < 4.78 is 11.8. The van der Waals surface area contributed by atoms with Crippen molar-refractivity contribution in [3.05, 3.63) is 199 Å². The Balaban J connectivity index is 1.08. The van der Waals surface area contributed by atoms with E-state index in [4.69, 9.17) is 9.72 Å². The third-order valence-electron chi connectivity index (χ3n) is 15.7. The average Bonchev–Trinajstić information content (AvgIpc) is 3.98. The molecule has 75 heavy (non-hydrogen) atoms. The van der Waals surface area contributed by atoms with Gasteiger partial charge in [0.2, 0.25) is 0 Å². The molecule has 0 radical (unpaired) electrons. The molecular weight excluding hydrogens is 929 g/mol. The first-order valence-corrected chi connectivity index (χ1v) is 30.2. The predicted molar refractivity (Wildman–Crippen MR) is 324 cm³/mol. The highest BCUT2D eigenvalue weighted by Gasteiger charge is 2.28. The highest BCUT2D eigenvalue weighted by Crippen LogP contribution is 2.46. The van der Waals surface area contributed by atoms with E-state index in [9.17, 15) is 0 Å². The van der Waals surface area contributed by atoms with Crippen molar-refractivity contribution >= 4 is 89.8 Å². The molecule has 4 heterocycles. The molecule has 0 unspecified atom stereocenters. The molecule has 1 aliphatic heterocycles. The monoisotopic (exact) mass is 997 g/mol. The first-order valence-electron chi connectivity index (χ1n) is 26.7. The normalized spacial score (nSPS) is 13.3. The Labute approximate surface area is 443 Å². The van der Waals surface area contributed by atoms with Gasteiger partial charge in [-0.05, 0) is 115 Å². The summed E-state index contributed by atoms with van der Waals surface area (Å²) in [7, 11) is -1.74. The van der Waals surface area contributed by atoms with E-state index in [0.717, 1.165) is 45.1 Å². The number of aromatic nitrogens is 3. The molecule has 6 heteroatoms. The van der Waals surface area contributed by atoms with Crippen molar-refractivity contribution in [2.24, 2.45) is 0 Å². The number of hydrogen-bond acceptors (Lipinski definition) is 3. The van der Waals surface area contributed by atoms with Gasteiger partial charge in [0.05, 0.1) is 35.8 Å². The Morgan fingerprint density at radius 3 is 1.79 bits per heavy atom. The molecule has 0 atom stereocenters. The lowest BCUT2D eigenvalue weighted by atomic mass is 9.84. The summed E-state index contributed by atoms with van der Waals surface area (Å²) in [5.41, 5.74) is 13.2. The van der Waals surface area contributed by atoms with Crippen molar-refractivity contribution in [2.75, 3.05) is 4.90 Å². The van der Waals surface area contributed by atoms with Crippen molar-refractivity contribution in [2.45, 2.75) is 105 Å². The molecule has 5 nitrogen and oxygen atoms in total. The van der Waals surface area contributed by atoms with Crippen molar-refractivity contribution in [1.82, 2.24) is 14.1 Å². The Hall–Kier alpha value is -7.67. The van der Waals surface area contributed by atoms with E-state index in [1.165, 1.54) is 81.7 Å². The van der Waals surface area contributed by atoms with E-state index < -0.39 is 8.07 Å². The zero-order valence-electron chi connectivity index (χ0n) is 45.7. The lowest BCUT2D eigenvalue weighted by Gasteiger charge is -2.26. The van der Waals surface area contributed by atoms with Gasteiger partial charge in [-0.1, -0.05) is 196 Å². The van der Waals surface area contributed by atoms with Gasteiger partial charge in [0.15, 0.2) is 0 Å². The van der Waals surface area contributed by atoms with E-state index in [1.54, 1.807) is 0 Å². The number of fused-ring (bicyclic) bond motifs is 10. The molecule has 0 spiro atoms. The van der Waals surface area contributed by atoms with Crippen LogP contribution in [0.25, 0.3) is 82.1 Å². The molecule has 0 amide bonds. The Morgan fingerprint density at radius 1 is 0.453 bits per heavy atom. The Morgan fingerprint density at radius 2 is 1.05 bits per heavy atom. The van der Waals surface area contributed by atoms with Crippen molar-refractivity contribution in [3.8, 4) is 28.4 Å². The van der Waals surface area contributed by atoms with E-state index >= 15 is 0 Å². The predicted octanol–water partition coefficient (Wildman–Crippen LogP) is 18.7. The lowest BCUT2D eigenvalue weighted by molar-refractivity contribution is 0.483. The van der Waals surface area contributed by atoms with Crippen LogP contribution in [-0.4, -0.2) is 22.2 Å². The maximum absolute atomic E-state index is 6.94. The first-order chi connectivity index (χ1) is 35.7. The maximum Gasteiger partial charge on any atom is 0.137 e. The summed E-state index contributed by atoms with van der Waals surface area (Å²) in [5, 5.41) is 11.2. The fraction of sp³-hybridized carbons (Fsp3) is 0.232. The smallest absolute Gasteiger partial charge is 0.137 e. The van der Waals surface area contributed by atoms with Crippen LogP contribution in [0.4, 0.5) is 11.4 Å². The molecule has 0 aliphatic carbocycles. The van der Waals surface area contributed by atoms with Gasteiger partial charge in [0, 0.05) is 51.1 Å². The third-order valence-corrected chi connectivity index (χ3v) is 17.7. The molecule has 0 bridgehead atoms.